The van der Waals surface area contributed by atoms with Crippen LogP contribution in [0.1, 0.15) is 142 Å². The zero-order valence-electron chi connectivity index (χ0n) is 20.6. The van der Waals surface area contributed by atoms with Crippen LogP contribution in [0.4, 0.5) is 0 Å². The number of unbranched alkanes of at least 4 members (excludes halogenated alkanes) is 18. The van der Waals surface area contributed by atoms with Gasteiger partial charge in [-0.05, 0) is 12.8 Å². The summed E-state index contributed by atoms with van der Waals surface area (Å²) in [5.41, 5.74) is 0. The molecule has 4 nitrogen and oxygen atoms in total. The minimum absolute atomic E-state index is 0. The Labute approximate surface area is 210 Å². The zero-order chi connectivity index (χ0) is 21.5. The zero-order valence-corrected chi connectivity index (χ0v) is 23.5. The SMILES string of the molecule is CCCCCCCCCCCCCCCCOP(=O)([O-])OCCCCCCCC.[Na+]. The summed E-state index contributed by atoms with van der Waals surface area (Å²) < 4.78 is 21.6. The van der Waals surface area contributed by atoms with Crippen LogP contribution in [0, 0.1) is 0 Å². The molecule has 0 aromatic carbocycles. The topological polar surface area (TPSA) is 58.6 Å². The Kier molecular flexibility index (Phi) is 29.2. The molecule has 0 amide bonds. The van der Waals surface area contributed by atoms with Gasteiger partial charge in [-0.3, -0.25) is 4.57 Å². The standard InChI is InChI=1S/C24H51O4P.Na/c1-3-5-7-9-11-12-13-14-15-16-17-18-20-22-24-28-29(25,26)27-23-21-19-10-8-6-4-2;/h3-24H2,1-2H3,(H,25,26);/q;+1/p-1. The van der Waals surface area contributed by atoms with Crippen LogP contribution in [0.2, 0.25) is 0 Å². The molecule has 0 heterocycles. The fourth-order valence-electron chi connectivity index (χ4n) is 3.57. The van der Waals surface area contributed by atoms with Crippen molar-refractivity contribution in [1.29, 1.82) is 0 Å². The van der Waals surface area contributed by atoms with E-state index in [-0.39, 0.29) is 42.8 Å². The first-order chi connectivity index (χ1) is 14.1. The largest absolute Gasteiger partial charge is 1.00 e. The number of phosphoric acid groups is 1. The molecule has 0 aliphatic heterocycles. The average Bonchev–Trinajstić information content (AvgIpc) is 2.70. The van der Waals surface area contributed by atoms with Gasteiger partial charge in [0.2, 0.25) is 0 Å². The molecular formula is C24H50NaO4P. The summed E-state index contributed by atoms with van der Waals surface area (Å²) in [7, 11) is -4.09. The number of phosphoric ester groups is 1. The Morgan fingerprint density at radius 2 is 0.733 bits per heavy atom. The van der Waals surface area contributed by atoms with E-state index in [1.54, 1.807) is 0 Å². The van der Waals surface area contributed by atoms with E-state index < -0.39 is 7.82 Å². The van der Waals surface area contributed by atoms with Crippen LogP contribution in [0.15, 0.2) is 0 Å². The van der Waals surface area contributed by atoms with Gasteiger partial charge in [-0.25, -0.2) is 0 Å². The van der Waals surface area contributed by atoms with Crippen LogP contribution in [0.5, 0.6) is 0 Å². The monoisotopic (exact) mass is 456 g/mol. The summed E-state index contributed by atoms with van der Waals surface area (Å²) >= 11 is 0. The van der Waals surface area contributed by atoms with E-state index in [0.717, 1.165) is 32.1 Å². The molecule has 0 radical (unpaired) electrons. The van der Waals surface area contributed by atoms with Gasteiger partial charge in [0.25, 0.3) is 7.82 Å². The first-order valence-corrected chi connectivity index (χ1v) is 14.2. The Morgan fingerprint density at radius 1 is 0.500 bits per heavy atom. The van der Waals surface area contributed by atoms with Crippen LogP contribution in [0.25, 0.3) is 0 Å². The summed E-state index contributed by atoms with van der Waals surface area (Å²) in [5, 5.41) is 0. The van der Waals surface area contributed by atoms with Crippen molar-refractivity contribution in [3.63, 3.8) is 0 Å². The molecule has 0 aliphatic rings. The van der Waals surface area contributed by atoms with Gasteiger partial charge in [-0.1, -0.05) is 129 Å². The number of rotatable bonds is 24. The van der Waals surface area contributed by atoms with Gasteiger partial charge in [0, 0.05) is 0 Å². The van der Waals surface area contributed by atoms with Gasteiger partial charge in [0.15, 0.2) is 0 Å². The van der Waals surface area contributed by atoms with Crippen molar-refractivity contribution in [2.45, 2.75) is 142 Å². The van der Waals surface area contributed by atoms with Crippen LogP contribution in [0.3, 0.4) is 0 Å². The smallest absolute Gasteiger partial charge is 0.756 e. The maximum atomic E-state index is 11.7. The van der Waals surface area contributed by atoms with E-state index in [1.165, 1.54) is 96.3 Å². The molecule has 0 rings (SSSR count). The van der Waals surface area contributed by atoms with Crippen molar-refractivity contribution < 1.29 is 48.1 Å². The third-order valence-electron chi connectivity index (χ3n) is 5.49. The quantitative estimate of drug-likeness (QED) is 0.112. The summed E-state index contributed by atoms with van der Waals surface area (Å²) in [5.74, 6) is 0. The van der Waals surface area contributed by atoms with E-state index >= 15 is 0 Å². The molecule has 0 aliphatic carbocycles. The molecule has 0 saturated carbocycles. The van der Waals surface area contributed by atoms with Gasteiger partial charge in [0.1, 0.15) is 0 Å². The molecule has 0 aromatic rings. The molecule has 0 saturated heterocycles. The van der Waals surface area contributed by atoms with Crippen LogP contribution in [-0.4, -0.2) is 13.2 Å². The summed E-state index contributed by atoms with van der Waals surface area (Å²) in [6.07, 6.45) is 24.7. The second kappa shape index (κ2) is 26.4. The van der Waals surface area contributed by atoms with E-state index in [4.69, 9.17) is 9.05 Å². The molecule has 0 N–H and O–H groups in total. The summed E-state index contributed by atoms with van der Waals surface area (Å²) in [6.45, 7) is 4.97. The maximum absolute atomic E-state index is 11.7. The minimum atomic E-state index is -4.09. The minimum Gasteiger partial charge on any atom is -0.756 e. The third-order valence-corrected chi connectivity index (χ3v) is 6.49. The van der Waals surface area contributed by atoms with Gasteiger partial charge >= 0.3 is 29.6 Å². The van der Waals surface area contributed by atoms with Crippen LogP contribution in [-0.2, 0) is 13.6 Å². The molecule has 0 aromatic heterocycles. The molecule has 30 heavy (non-hydrogen) atoms. The Hall–Kier alpha value is 1.11. The number of hydrogen-bond acceptors (Lipinski definition) is 4. The predicted octanol–water partition coefficient (Wildman–Crippen LogP) is 5.33. The van der Waals surface area contributed by atoms with Crippen molar-refractivity contribution in [2.24, 2.45) is 0 Å². The van der Waals surface area contributed by atoms with Gasteiger partial charge < -0.3 is 13.9 Å². The number of hydrogen-bond donors (Lipinski definition) is 0. The molecule has 0 spiro atoms. The fourth-order valence-corrected chi connectivity index (χ4v) is 4.35. The van der Waals surface area contributed by atoms with Crippen molar-refractivity contribution in [3.05, 3.63) is 0 Å². The summed E-state index contributed by atoms with van der Waals surface area (Å²) in [6, 6.07) is 0. The Bertz CT molecular complexity index is 369. The molecule has 6 heteroatoms. The van der Waals surface area contributed by atoms with Crippen molar-refractivity contribution in [1.82, 2.24) is 0 Å². The second-order valence-corrected chi connectivity index (χ2v) is 9.89. The van der Waals surface area contributed by atoms with E-state index in [0.29, 0.717) is 0 Å². The molecule has 0 bridgehead atoms. The van der Waals surface area contributed by atoms with Gasteiger partial charge in [0.05, 0.1) is 13.2 Å². The molecule has 0 fully saturated rings. The van der Waals surface area contributed by atoms with E-state index in [2.05, 4.69) is 13.8 Å². The van der Waals surface area contributed by atoms with Crippen molar-refractivity contribution >= 4 is 7.82 Å². The molecular weight excluding hydrogens is 406 g/mol. The van der Waals surface area contributed by atoms with Crippen LogP contribution < -0.4 is 34.5 Å². The van der Waals surface area contributed by atoms with Crippen LogP contribution >= 0.6 is 7.82 Å². The Morgan fingerprint density at radius 3 is 1.00 bits per heavy atom. The third kappa shape index (κ3) is 27.1. The predicted molar refractivity (Wildman–Crippen MR) is 123 cm³/mol. The second-order valence-electron chi connectivity index (χ2n) is 8.48. The van der Waals surface area contributed by atoms with E-state index in [9.17, 15) is 9.46 Å². The van der Waals surface area contributed by atoms with Gasteiger partial charge in [-0.2, -0.15) is 0 Å². The van der Waals surface area contributed by atoms with E-state index in [1.807, 2.05) is 0 Å². The maximum Gasteiger partial charge on any atom is 1.00 e. The first-order valence-electron chi connectivity index (χ1n) is 12.7. The molecule has 176 valence electrons. The Balaban J connectivity index is 0. The normalized spacial score (nSPS) is 13.2. The first kappa shape index (κ1) is 33.3. The van der Waals surface area contributed by atoms with Crippen molar-refractivity contribution in [3.8, 4) is 0 Å². The molecule has 1 unspecified atom stereocenters. The summed E-state index contributed by atoms with van der Waals surface area (Å²) in [4.78, 5) is 11.7. The average molecular weight is 457 g/mol. The van der Waals surface area contributed by atoms with Crippen molar-refractivity contribution in [2.75, 3.05) is 13.2 Å². The fraction of sp³-hybridized carbons (Fsp3) is 1.00. The van der Waals surface area contributed by atoms with Gasteiger partial charge in [-0.15, -0.1) is 0 Å². The molecule has 1 atom stereocenters.